The van der Waals surface area contributed by atoms with Gasteiger partial charge in [0.2, 0.25) is 0 Å². The van der Waals surface area contributed by atoms with E-state index in [9.17, 15) is 14.9 Å². The average molecular weight is 440 g/mol. The number of likely N-dealkylation sites (tertiary alicyclic amines) is 1. The van der Waals surface area contributed by atoms with Crippen molar-refractivity contribution in [2.75, 3.05) is 13.6 Å². The number of carbonyl (C=O) groups excluding carboxylic acids is 1. The zero-order valence-corrected chi connectivity index (χ0v) is 19.7. The van der Waals surface area contributed by atoms with Gasteiger partial charge in [0.15, 0.2) is 0 Å². The highest BCUT2D eigenvalue weighted by molar-refractivity contribution is 5.94. The van der Waals surface area contributed by atoms with Crippen molar-refractivity contribution in [2.24, 2.45) is 28.6 Å². The zero-order chi connectivity index (χ0) is 22.7. The molecule has 4 fully saturated rings. The Morgan fingerprint density at radius 1 is 1.03 bits per heavy atom. The van der Waals surface area contributed by atoms with Gasteiger partial charge in [0, 0.05) is 29.8 Å². The van der Waals surface area contributed by atoms with E-state index in [4.69, 9.17) is 0 Å². The van der Waals surface area contributed by atoms with Gasteiger partial charge in [-0.05, 0) is 106 Å². The summed E-state index contributed by atoms with van der Waals surface area (Å²) in [6, 6.07) is 6.90. The van der Waals surface area contributed by atoms with Gasteiger partial charge in [-0.25, -0.2) is 0 Å². The van der Waals surface area contributed by atoms with Crippen LogP contribution >= 0.6 is 0 Å². The van der Waals surface area contributed by atoms with Crippen LogP contribution in [0.3, 0.4) is 0 Å². The fourth-order valence-corrected chi connectivity index (χ4v) is 8.59. The number of nitrogens with zero attached hydrogens (tertiary/aromatic N) is 2. The SMILES string of the molecule is CN1CCC[C@@]2(C)C1CC[C@@H]1[C@H]2CC[C@]2(C)C(NC(=O)c3ccc([N+](=O)[O-])cc3)CC[C@@H]12. The Morgan fingerprint density at radius 2 is 1.75 bits per heavy atom. The third-order valence-corrected chi connectivity index (χ3v) is 10.2. The van der Waals surface area contributed by atoms with E-state index in [0.29, 0.717) is 16.9 Å². The zero-order valence-electron chi connectivity index (χ0n) is 19.7. The largest absolute Gasteiger partial charge is 0.349 e. The summed E-state index contributed by atoms with van der Waals surface area (Å²) in [7, 11) is 2.33. The number of amides is 1. The van der Waals surface area contributed by atoms with Gasteiger partial charge in [-0.3, -0.25) is 14.9 Å². The lowest BCUT2D eigenvalue weighted by Gasteiger charge is -2.62. The van der Waals surface area contributed by atoms with Crippen molar-refractivity contribution in [1.82, 2.24) is 10.2 Å². The van der Waals surface area contributed by atoms with Gasteiger partial charge in [0.25, 0.3) is 11.6 Å². The lowest BCUT2D eigenvalue weighted by atomic mass is 9.47. The number of non-ortho nitro benzene ring substituents is 1. The maximum absolute atomic E-state index is 13.0. The Morgan fingerprint density at radius 3 is 2.47 bits per heavy atom. The van der Waals surface area contributed by atoms with Crippen LogP contribution in [-0.2, 0) is 0 Å². The summed E-state index contributed by atoms with van der Waals surface area (Å²) in [5.41, 5.74) is 1.12. The van der Waals surface area contributed by atoms with Crippen LogP contribution in [0, 0.1) is 38.7 Å². The maximum Gasteiger partial charge on any atom is 0.269 e. The van der Waals surface area contributed by atoms with Gasteiger partial charge in [-0.2, -0.15) is 0 Å². The molecule has 174 valence electrons. The Kier molecular flexibility index (Phi) is 5.35. The summed E-state index contributed by atoms with van der Waals surface area (Å²) in [5, 5.41) is 14.2. The molecule has 1 aliphatic heterocycles. The van der Waals surface area contributed by atoms with Gasteiger partial charge in [-0.1, -0.05) is 13.8 Å². The topological polar surface area (TPSA) is 75.5 Å². The van der Waals surface area contributed by atoms with E-state index in [1.807, 2.05) is 0 Å². The molecule has 0 radical (unpaired) electrons. The molecule has 7 atom stereocenters. The number of piperidine rings is 1. The summed E-state index contributed by atoms with van der Waals surface area (Å²) >= 11 is 0. The molecule has 5 rings (SSSR count). The third kappa shape index (κ3) is 3.28. The Hall–Kier alpha value is -1.95. The first kappa shape index (κ1) is 21.9. The van der Waals surface area contributed by atoms with Gasteiger partial charge in [-0.15, -0.1) is 0 Å². The molecule has 1 aromatic carbocycles. The lowest BCUT2D eigenvalue weighted by molar-refractivity contribution is -0.384. The molecule has 1 saturated heterocycles. The van der Waals surface area contributed by atoms with Gasteiger partial charge in [0.1, 0.15) is 0 Å². The van der Waals surface area contributed by atoms with Crippen molar-refractivity contribution < 1.29 is 9.72 Å². The van der Waals surface area contributed by atoms with Crippen LogP contribution in [0.15, 0.2) is 24.3 Å². The summed E-state index contributed by atoms with van der Waals surface area (Å²) in [6.07, 6.45) is 10.1. The summed E-state index contributed by atoms with van der Waals surface area (Å²) in [5.74, 6) is 2.18. The minimum Gasteiger partial charge on any atom is -0.349 e. The second kappa shape index (κ2) is 7.82. The molecular formula is C26H37N3O3. The Balaban J connectivity index is 1.32. The Bertz CT molecular complexity index is 902. The number of hydrogen-bond donors (Lipinski definition) is 1. The van der Waals surface area contributed by atoms with E-state index in [-0.39, 0.29) is 23.1 Å². The second-order valence-corrected chi connectivity index (χ2v) is 11.5. The number of rotatable bonds is 3. The number of benzene rings is 1. The van der Waals surface area contributed by atoms with Crippen molar-refractivity contribution in [3.63, 3.8) is 0 Å². The number of nitro groups is 1. The molecule has 3 aliphatic carbocycles. The lowest BCUT2D eigenvalue weighted by Crippen LogP contribution is -2.60. The average Bonchev–Trinajstić information content (AvgIpc) is 3.10. The first-order valence-corrected chi connectivity index (χ1v) is 12.5. The molecular weight excluding hydrogens is 402 g/mol. The van der Waals surface area contributed by atoms with E-state index in [2.05, 4.69) is 31.1 Å². The number of fused-ring (bicyclic) bond motifs is 5. The molecule has 1 N–H and O–H groups in total. The third-order valence-electron chi connectivity index (χ3n) is 10.2. The van der Waals surface area contributed by atoms with Crippen LogP contribution in [0.4, 0.5) is 5.69 Å². The number of nitrogens with one attached hydrogen (secondary N) is 1. The smallest absolute Gasteiger partial charge is 0.269 e. The van der Waals surface area contributed by atoms with Crippen molar-refractivity contribution in [3.8, 4) is 0 Å². The molecule has 4 aliphatic rings. The molecule has 1 amide bonds. The molecule has 32 heavy (non-hydrogen) atoms. The molecule has 1 aromatic rings. The van der Waals surface area contributed by atoms with Gasteiger partial charge in [0.05, 0.1) is 4.92 Å². The summed E-state index contributed by atoms with van der Waals surface area (Å²) < 4.78 is 0. The quantitative estimate of drug-likeness (QED) is 0.529. The molecule has 6 heteroatoms. The predicted molar refractivity (Wildman–Crippen MR) is 124 cm³/mol. The number of nitro benzene ring substituents is 1. The fraction of sp³-hybridized carbons (Fsp3) is 0.731. The van der Waals surface area contributed by atoms with Crippen LogP contribution in [0.1, 0.15) is 75.6 Å². The first-order valence-electron chi connectivity index (χ1n) is 12.5. The standard InChI is InChI=1S/C26H37N3O3/c1-25-15-13-21-19(9-12-23-26(21,2)14-4-16-28(23)3)20(25)10-11-22(25)27-24(30)17-5-7-18(8-6-17)29(31)32/h5-8,19-23H,4,9-16H2,1-3H3,(H,27,30)/t19-,20-,21+,22?,23?,25-,26+/m0/s1. The molecule has 0 aromatic heterocycles. The fourth-order valence-electron chi connectivity index (χ4n) is 8.59. The predicted octanol–water partition coefficient (Wildman–Crippen LogP) is 5.03. The molecule has 1 heterocycles. The van der Waals surface area contributed by atoms with Crippen LogP contribution in [0.25, 0.3) is 0 Å². The van der Waals surface area contributed by atoms with Crippen LogP contribution in [-0.4, -0.2) is 41.4 Å². The van der Waals surface area contributed by atoms with Crippen LogP contribution in [0.2, 0.25) is 0 Å². The van der Waals surface area contributed by atoms with Crippen LogP contribution < -0.4 is 5.32 Å². The van der Waals surface area contributed by atoms with Crippen molar-refractivity contribution in [3.05, 3.63) is 39.9 Å². The van der Waals surface area contributed by atoms with Crippen molar-refractivity contribution >= 4 is 11.6 Å². The maximum atomic E-state index is 13.0. The van der Waals surface area contributed by atoms with Crippen molar-refractivity contribution in [2.45, 2.75) is 77.3 Å². The van der Waals surface area contributed by atoms with E-state index in [1.54, 1.807) is 12.1 Å². The minimum atomic E-state index is -0.429. The summed E-state index contributed by atoms with van der Waals surface area (Å²) in [6.45, 7) is 6.24. The first-order chi connectivity index (χ1) is 15.2. The molecule has 0 bridgehead atoms. The molecule has 6 nitrogen and oxygen atoms in total. The number of hydrogen-bond acceptors (Lipinski definition) is 4. The van der Waals surface area contributed by atoms with Gasteiger partial charge < -0.3 is 10.2 Å². The second-order valence-electron chi connectivity index (χ2n) is 11.5. The monoisotopic (exact) mass is 439 g/mol. The number of carbonyl (C=O) groups is 1. The molecule has 3 saturated carbocycles. The molecule has 2 unspecified atom stereocenters. The van der Waals surface area contributed by atoms with E-state index < -0.39 is 4.92 Å². The minimum absolute atomic E-state index is 0.0187. The highest BCUT2D eigenvalue weighted by Crippen LogP contribution is 2.64. The molecule has 0 spiro atoms. The van der Waals surface area contributed by atoms with E-state index in [1.165, 1.54) is 63.6 Å². The van der Waals surface area contributed by atoms with Crippen LogP contribution in [0.5, 0.6) is 0 Å². The van der Waals surface area contributed by atoms with Gasteiger partial charge >= 0.3 is 0 Å². The summed E-state index contributed by atoms with van der Waals surface area (Å²) in [4.78, 5) is 26.1. The highest BCUT2D eigenvalue weighted by atomic mass is 16.6. The Labute approximate surface area is 191 Å². The normalized spacial score (nSPS) is 41.3. The van der Waals surface area contributed by atoms with E-state index in [0.717, 1.165) is 24.3 Å². The van der Waals surface area contributed by atoms with E-state index >= 15 is 0 Å². The van der Waals surface area contributed by atoms with Crippen molar-refractivity contribution in [1.29, 1.82) is 0 Å². The highest BCUT2D eigenvalue weighted by Gasteiger charge is 2.60.